The van der Waals surface area contributed by atoms with Crippen molar-refractivity contribution in [3.05, 3.63) is 23.8 Å². The number of likely N-dealkylation sites (N-methyl/N-ethyl adjacent to an activating group) is 1. The maximum atomic E-state index is 9.49. The summed E-state index contributed by atoms with van der Waals surface area (Å²) in [6.07, 6.45) is 0. The minimum atomic E-state index is -0.134. The zero-order valence-corrected chi connectivity index (χ0v) is 9.03. The Kier molecular flexibility index (Phi) is 4.39. The molecule has 1 aromatic carbocycles. The summed E-state index contributed by atoms with van der Waals surface area (Å²) in [6, 6.07) is 4.93. The molecule has 0 amide bonds. The zero-order valence-electron chi connectivity index (χ0n) is 9.03. The van der Waals surface area contributed by atoms with Crippen molar-refractivity contribution in [2.75, 3.05) is 20.3 Å². The molecule has 0 aromatic heterocycles. The topological polar surface area (TPSA) is 61.7 Å². The fourth-order valence-electron chi connectivity index (χ4n) is 1.38. The molecule has 0 bridgehead atoms. The van der Waals surface area contributed by atoms with E-state index in [4.69, 9.17) is 9.84 Å². The van der Waals surface area contributed by atoms with Gasteiger partial charge >= 0.3 is 0 Å². The van der Waals surface area contributed by atoms with Gasteiger partial charge in [0.15, 0.2) is 11.5 Å². The lowest BCUT2D eigenvalue weighted by molar-refractivity contribution is 0.250. The van der Waals surface area contributed by atoms with Crippen LogP contribution in [-0.4, -0.2) is 30.5 Å². The number of aromatic hydroxyl groups is 1. The number of nitrogens with one attached hydrogen (secondary N) is 1. The molecule has 0 saturated heterocycles. The lowest BCUT2D eigenvalue weighted by Crippen LogP contribution is -2.19. The predicted molar refractivity (Wildman–Crippen MR) is 58.2 cm³/mol. The van der Waals surface area contributed by atoms with Gasteiger partial charge in [0, 0.05) is 0 Å². The Balaban J connectivity index is 2.95. The number of benzene rings is 1. The summed E-state index contributed by atoms with van der Waals surface area (Å²) in [5.74, 6) is 0.567. The summed E-state index contributed by atoms with van der Waals surface area (Å²) in [6.45, 7) is 2.36. The van der Waals surface area contributed by atoms with Gasteiger partial charge in [-0.2, -0.15) is 0 Å². The van der Waals surface area contributed by atoms with Gasteiger partial charge in [-0.3, -0.25) is 0 Å². The number of phenols is 1. The van der Waals surface area contributed by atoms with E-state index in [9.17, 15) is 5.11 Å². The quantitative estimate of drug-likeness (QED) is 0.681. The molecule has 3 N–H and O–H groups in total. The monoisotopic (exact) mass is 211 g/mol. The van der Waals surface area contributed by atoms with Crippen molar-refractivity contribution in [2.24, 2.45) is 0 Å². The van der Waals surface area contributed by atoms with Crippen LogP contribution in [0.1, 0.15) is 18.5 Å². The van der Waals surface area contributed by atoms with Crippen LogP contribution >= 0.6 is 0 Å². The van der Waals surface area contributed by atoms with E-state index in [0.29, 0.717) is 12.4 Å². The summed E-state index contributed by atoms with van der Waals surface area (Å²) in [4.78, 5) is 0. The maximum Gasteiger partial charge on any atom is 0.161 e. The van der Waals surface area contributed by atoms with Crippen molar-refractivity contribution in [3.63, 3.8) is 0 Å². The normalized spacial score (nSPS) is 12.5. The summed E-state index contributed by atoms with van der Waals surface area (Å²) < 4.78 is 5.26. The van der Waals surface area contributed by atoms with E-state index in [1.54, 1.807) is 25.2 Å². The maximum absolute atomic E-state index is 9.49. The number of ether oxygens (including phenoxy) is 1. The molecule has 4 nitrogen and oxygen atoms in total. The van der Waals surface area contributed by atoms with Crippen molar-refractivity contribution in [2.45, 2.75) is 13.0 Å². The van der Waals surface area contributed by atoms with Gasteiger partial charge in [-0.1, -0.05) is 6.07 Å². The van der Waals surface area contributed by atoms with Crippen LogP contribution in [0.15, 0.2) is 18.2 Å². The molecule has 0 fully saturated rings. The number of phenolic OH excluding ortho intramolecular Hbond substituents is 1. The summed E-state index contributed by atoms with van der Waals surface area (Å²) in [5.41, 5.74) is 0.890. The van der Waals surface area contributed by atoms with Crippen LogP contribution in [-0.2, 0) is 0 Å². The first kappa shape index (κ1) is 11.8. The highest BCUT2D eigenvalue weighted by molar-refractivity contribution is 5.42. The molecule has 1 atom stereocenters. The summed E-state index contributed by atoms with van der Waals surface area (Å²) in [5, 5.41) is 21.6. The number of hydrogen-bond acceptors (Lipinski definition) is 4. The Bertz CT molecular complexity index is 311. The fourth-order valence-corrected chi connectivity index (χ4v) is 1.38. The van der Waals surface area contributed by atoms with Crippen LogP contribution in [0.3, 0.4) is 0 Å². The van der Waals surface area contributed by atoms with Crippen LogP contribution in [0, 0.1) is 0 Å². The van der Waals surface area contributed by atoms with Crippen LogP contribution in [0.5, 0.6) is 11.5 Å². The van der Waals surface area contributed by atoms with Crippen molar-refractivity contribution >= 4 is 0 Å². The third-order valence-corrected chi connectivity index (χ3v) is 2.22. The van der Waals surface area contributed by atoms with E-state index >= 15 is 0 Å². The Morgan fingerprint density at radius 1 is 1.47 bits per heavy atom. The van der Waals surface area contributed by atoms with Gasteiger partial charge in [-0.25, -0.2) is 0 Å². The fraction of sp³-hybridized carbons (Fsp3) is 0.455. The van der Waals surface area contributed by atoms with Crippen molar-refractivity contribution in [3.8, 4) is 11.5 Å². The smallest absolute Gasteiger partial charge is 0.161 e. The average molecular weight is 211 g/mol. The molecule has 0 saturated carbocycles. The second kappa shape index (κ2) is 5.58. The molecule has 0 heterocycles. The Morgan fingerprint density at radius 3 is 2.73 bits per heavy atom. The molecule has 1 aromatic rings. The van der Waals surface area contributed by atoms with Crippen molar-refractivity contribution < 1.29 is 14.9 Å². The van der Waals surface area contributed by atoms with Gasteiger partial charge < -0.3 is 20.3 Å². The SMILES string of the molecule is CCOc1cc(C(CO)NC)ccc1O. The number of aliphatic hydroxyl groups excluding tert-OH is 1. The highest BCUT2D eigenvalue weighted by atomic mass is 16.5. The van der Waals surface area contributed by atoms with Gasteiger partial charge in [0.2, 0.25) is 0 Å². The number of hydrogen-bond donors (Lipinski definition) is 3. The van der Waals surface area contributed by atoms with Gasteiger partial charge in [-0.05, 0) is 31.7 Å². The van der Waals surface area contributed by atoms with Crippen molar-refractivity contribution in [1.29, 1.82) is 0 Å². The van der Waals surface area contributed by atoms with Crippen LogP contribution < -0.4 is 10.1 Å². The summed E-state index contributed by atoms with van der Waals surface area (Å²) in [7, 11) is 1.77. The number of rotatable bonds is 5. The molecular formula is C11H17NO3. The van der Waals surface area contributed by atoms with E-state index < -0.39 is 0 Å². The Morgan fingerprint density at radius 2 is 2.20 bits per heavy atom. The minimum Gasteiger partial charge on any atom is -0.504 e. The molecule has 84 valence electrons. The Labute approximate surface area is 89.5 Å². The predicted octanol–water partition coefficient (Wildman–Crippen LogP) is 1.04. The zero-order chi connectivity index (χ0) is 11.3. The second-order valence-electron chi connectivity index (χ2n) is 3.18. The highest BCUT2D eigenvalue weighted by Crippen LogP contribution is 2.29. The molecular weight excluding hydrogens is 194 g/mol. The van der Waals surface area contributed by atoms with E-state index in [0.717, 1.165) is 5.56 Å². The molecule has 15 heavy (non-hydrogen) atoms. The van der Waals surface area contributed by atoms with E-state index in [1.165, 1.54) is 0 Å². The third-order valence-electron chi connectivity index (χ3n) is 2.22. The van der Waals surface area contributed by atoms with E-state index in [1.807, 2.05) is 6.92 Å². The van der Waals surface area contributed by atoms with Gasteiger partial charge in [-0.15, -0.1) is 0 Å². The molecule has 0 aliphatic heterocycles. The molecule has 0 aliphatic carbocycles. The average Bonchev–Trinajstić information content (AvgIpc) is 2.25. The molecule has 1 rings (SSSR count). The van der Waals surface area contributed by atoms with Gasteiger partial charge in [0.05, 0.1) is 19.3 Å². The third kappa shape index (κ3) is 2.84. The first-order valence-corrected chi connectivity index (χ1v) is 4.96. The Hall–Kier alpha value is -1.26. The van der Waals surface area contributed by atoms with Crippen molar-refractivity contribution in [1.82, 2.24) is 5.32 Å². The van der Waals surface area contributed by atoms with E-state index in [-0.39, 0.29) is 18.4 Å². The largest absolute Gasteiger partial charge is 0.504 e. The van der Waals surface area contributed by atoms with E-state index in [2.05, 4.69) is 5.32 Å². The number of aliphatic hydroxyl groups is 1. The second-order valence-corrected chi connectivity index (χ2v) is 3.18. The summed E-state index contributed by atoms with van der Waals surface area (Å²) >= 11 is 0. The molecule has 4 heteroatoms. The first-order chi connectivity index (χ1) is 7.22. The standard InChI is InChI=1S/C11H17NO3/c1-3-15-11-6-8(4-5-10(11)14)9(7-13)12-2/h4-6,9,12-14H,3,7H2,1-2H3. The van der Waals surface area contributed by atoms with Crippen LogP contribution in [0.2, 0.25) is 0 Å². The lowest BCUT2D eigenvalue weighted by atomic mass is 10.1. The van der Waals surface area contributed by atoms with Gasteiger partial charge in [0.25, 0.3) is 0 Å². The van der Waals surface area contributed by atoms with Crippen LogP contribution in [0.25, 0.3) is 0 Å². The highest BCUT2D eigenvalue weighted by Gasteiger charge is 2.10. The molecule has 0 spiro atoms. The van der Waals surface area contributed by atoms with Gasteiger partial charge in [0.1, 0.15) is 0 Å². The first-order valence-electron chi connectivity index (χ1n) is 4.96. The van der Waals surface area contributed by atoms with Crippen LogP contribution in [0.4, 0.5) is 0 Å². The lowest BCUT2D eigenvalue weighted by Gasteiger charge is -2.15. The minimum absolute atomic E-state index is 0.00679. The molecule has 1 unspecified atom stereocenters. The molecule has 0 aliphatic rings. The molecule has 0 radical (unpaired) electrons.